The lowest BCUT2D eigenvalue weighted by molar-refractivity contribution is -0.119. The van der Waals surface area contributed by atoms with Crippen molar-refractivity contribution >= 4 is 11.6 Å². The summed E-state index contributed by atoms with van der Waals surface area (Å²) in [5.74, 6) is 5.64. The van der Waals surface area contributed by atoms with Crippen molar-refractivity contribution in [2.24, 2.45) is 5.73 Å². The monoisotopic (exact) mass is 231 g/mol. The number of nitrogens with one attached hydrogen (secondary N) is 1. The zero-order valence-electron chi connectivity index (χ0n) is 10.2. The highest BCUT2D eigenvalue weighted by molar-refractivity contribution is 5.77. The standard InChI is InChI=1S/C13H17N3O/c1-16(2)12-7-5-11(6-8-12)4-3-9-15-13(17)10-14/h5-8H,9-10,14H2,1-2H3,(H,15,17). The summed E-state index contributed by atoms with van der Waals surface area (Å²) in [5.41, 5.74) is 7.21. The minimum Gasteiger partial charge on any atom is -0.378 e. The van der Waals surface area contributed by atoms with Gasteiger partial charge in [-0.15, -0.1) is 0 Å². The van der Waals surface area contributed by atoms with Crippen LogP contribution in [0, 0.1) is 11.8 Å². The number of hydrogen-bond acceptors (Lipinski definition) is 3. The number of hydrogen-bond donors (Lipinski definition) is 2. The summed E-state index contributed by atoms with van der Waals surface area (Å²) in [7, 11) is 3.98. The Morgan fingerprint density at radius 2 is 2.00 bits per heavy atom. The molecule has 0 bridgehead atoms. The van der Waals surface area contributed by atoms with Crippen LogP contribution in [0.5, 0.6) is 0 Å². The Bertz CT molecular complexity index is 426. The van der Waals surface area contributed by atoms with Gasteiger partial charge in [0.25, 0.3) is 0 Å². The second kappa shape index (κ2) is 6.56. The van der Waals surface area contributed by atoms with Crippen molar-refractivity contribution in [1.82, 2.24) is 5.32 Å². The molecule has 0 unspecified atom stereocenters. The number of carbonyl (C=O) groups is 1. The van der Waals surface area contributed by atoms with Gasteiger partial charge in [-0.25, -0.2) is 0 Å². The van der Waals surface area contributed by atoms with Crippen molar-refractivity contribution in [2.45, 2.75) is 0 Å². The number of nitrogens with zero attached hydrogens (tertiary/aromatic N) is 1. The van der Waals surface area contributed by atoms with Crippen LogP contribution in [0.4, 0.5) is 5.69 Å². The minimum atomic E-state index is -0.192. The summed E-state index contributed by atoms with van der Waals surface area (Å²) >= 11 is 0. The van der Waals surface area contributed by atoms with Crippen LogP contribution in [0.25, 0.3) is 0 Å². The molecule has 0 saturated heterocycles. The molecular weight excluding hydrogens is 214 g/mol. The molecule has 3 N–H and O–H groups in total. The number of carbonyl (C=O) groups excluding carboxylic acids is 1. The molecule has 0 radical (unpaired) electrons. The summed E-state index contributed by atoms with van der Waals surface area (Å²) in [6.07, 6.45) is 0. The Balaban J connectivity index is 2.52. The fourth-order valence-corrected chi connectivity index (χ4v) is 1.20. The van der Waals surface area contributed by atoms with Crippen LogP contribution < -0.4 is 16.0 Å². The molecule has 90 valence electrons. The summed E-state index contributed by atoms with van der Waals surface area (Å²) < 4.78 is 0. The van der Waals surface area contributed by atoms with E-state index in [0.29, 0.717) is 6.54 Å². The maximum atomic E-state index is 10.8. The van der Waals surface area contributed by atoms with E-state index in [-0.39, 0.29) is 12.5 Å². The predicted octanol–water partition coefficient (Wildman–Crippen LogP) is 0.179. The molecule has 0 saturated carbocycles. The van der Waals surface area contributed by atoms with Gasteiger partial charge in [0.1, 0.15) is 0 Å². The molecule has 1 amide bonds. The third-order valence-electron chi connectivity index (χ3n) is 2.18. The summed E-state index contributed by atoms with van der Waals surface area (Å²) in [5, 5.41) is 2.59. The van der Waals surface area contributed by atoms with E-state index < -0.39 is 0 Å². The van der Waals surface area contributed by atoms with E-state index in [1.807, 2.05) is 43.3 Å². The number of nitrogens with two attached hydrogens (primary N) is 1. The van der Waals surface area contributed by atoms with Crippen molar-refractivity contribution in [3.8, 4) is 11.8 Å². The van der Waals surface area contributed by atoms with Crippen LogP contribution in [0.2, 0.25) is 0 Å². The molecule has 1 rings (SSSR count). The summed E-state index contributed by atoms with van der Waals surface area (Å²) in [4.78, 5) is 12.9. The van der Waals surface area contributed by atoms with Gasteiger partial charge in [-0.2, -0.15) is 0 Å². The van der Waals surface area contributed by atoms with Crippen molar-refractivity contribution < 1.29 is 4.79 Å². The lowest BCUT2D eigenvalue weighted by Crippen LogP contribution is -2.30. The van der Waals surface area contributed by atoms with Gasteiger partial charge in [0.15, 0.2) is 0 Å². The van der Waals surface area contributed by atoms with Crippen LogP contribution in [-0.2, 0) is 4.79 Å². The maximum Gasteiger partial charge on any atom is 0.234 e. The highest BCUT2D eigenvalue weighted by Gasteiger charge is 1.94. The van der Waals surface area contributed by atoms with Gasteiger partial charge in [0.2, 0.25) is 5.91 Å². The van der Waals surface area contributed by atoms with Crippen LogP contribution in [0.3, 0.4) is 0 Å². The number of rotatable bonds is 3. The fourth-order valence-electron chi connectivity index (χ4n) is 1.20. The van der Waals surface area contributed by atoms with E-state index in [0.717, 1.165) is 11.3 Å². The molecule has 0 fully saturated rings. The Morgan fingerprint density at radius 3 is 2.53 bits per heavy atom. The third-order valence-corrected chi connectivity index (χ3v) is 2.18. The zero-order valence-corrected chi connectivity index (χ0v) is 10.2. The molecule has 0 heterocycles. The van der Waals surface area contributed by atoms with Gasteiger partial charge in [0, 0.05) is 25.3 Å². The van der Waals surface area contributed by atoms with Crippen LogP contribution in [0.1, 0.15) is 5.56 Å². The van der Waals surface area contributed by atoms with Crippen LogP contribution >= 0.6 is 0 Å². The van der Waals surface area contributed by atoms with Crippen LogP contribution in [-0.4, -0.2) is 33.1 Å². The van der Waals surface area contributed by atoms with Gasteiger partial charge in [-0.1, -0.05) is 11.8 Å². The molecule has 4 heteroatoms. The van der Waals surface area contributed by atoms with E-state index in [1.165, 1.54) is 0 Å². The Morgan fingerprint density at radius 1 is 1.35 bits per heavy atom. The molecule has 0 aliphatic rings. The molecular formula is C13H17N3O. The molecule has 4 nitrogen and oxygen atoms in total. The molecule has 0 spiro atoms. The summed E-state index contributed by atoms with van der Waals surface area (Å²) in [6, 6.07) is 7.91. The first kappa shape index (κ1) is 13.1. The van der Waals surface area contributed by atoms with Gasteiger partial charge in [-0.3, -0.25) is 4.79 Å². The van der Waals surface area contributed by atoms with E-state index in [2.05, 4.69) is 17.2 Å². The lowest BCUT2D eigenvalue weighted by atomic mass is 10.2. The van der Waals surface area contributed by atoms with E-state index >= 15 is 0 Å². The number of anilines is 1. The molecule has 17 heavy (non-hydrogen) atoms. The molecule has 1 aromatic carbocycles. The van der Waals surface area contributed by atoms with Crippen molar-refractivity contribution in [3.05, 3.63) is 29.8 Å². The smallest absolute Gasteiger partial charge is 0.234 e. The summed E-state index contributed by atoms with van der Waals surface area (Å²) in [6.45, 7) is 0.324. The second-order valence-electron chi connectivity index (χ2n) is 3.72. The van der Waals surface area contributed by atoms with Crippen molar-refractivity contribution in [2.75, 3.05) is 32.1 Å². The van der Waals surface area contributed by atoms with Gasteiger partial charge in [0.05, 0.1) is 13.1 Å². The first-order valence-electron chi connectivity index (χ1n) is 5.36. The number of amides is 1. The number of benzene rings is 1. The van der Waals surface area contributed by atoms with Crippen molar-refractivity contribution in [3.63, 3.8) is 0 Å². The lowest BCUT2D eigenvalue weighted by Gasteiger charge is -2.11. The van der Waals surface area contributed by atoms with Gasteiger partial charge >= 0.3 is 0 Å². The first-order valence-corrected chi connectivity index (χ1v) is 5.36. The molecule has 1 aromatic rings. The minimum absolute atomic E-state index is 0.000782. The normalized spacial score (nSPS) is 9.12. The highest BCUT2D eigenvalue weighted by atomic mass is 16.1. The highest BCUT2D eigenvalue weighted by Crippen LogP contribution is 2.11. The van der Waals surface area contributed by atoms with Crippen molar-refractivity contribution in [1.29, 1.82) is 0 Å². The molecule has 0 aliphatic carbocycles. The SMILES string of the molecule is CN(C)c1ccc(C#CCNC(=O)CN)cc1. The second-order valence-corrected chi connectivity index (χ2v) is 3.72. The Kier molecular flexibility index (Phi) is 5.05. The topological polar surface area (TPSA) is 58.4 Å². The predicted molar refractivity (Wildman–Crippen MR) is 69.7 cm³/mol. The third kappa shape index (κ3) is 4.58. The Hall–Kier alpha value is -1.99. The Labute approximate surface area is 102 Å². The molecule has 0 aromatic heterocycles. The largest absolute Gasteiger partial charge is 0.378 e. The zero-order chi connectivity index (χ0) is 12.7. The van der Waals surface area contributed by atoms with Gasteiger partial charge in [-0.05, 0) is 24.3 Å². The maximum absolute atomic E-state index is 10.8. The molecule has 0 aliphatic heterocycles. The first-order chi connectivity index (χ1) is 8.13. The van der Waals surface area contributed by atoms with Crippen LogP contribution in [0.15, 0.2) is 24.3 Å². The molecule has 0 atom stereocenters. The fraction of sp³-hybridized carbons (Fsp3) is 0.308. The average molecular weight is 231 g/mol. The quantitative estimate of drug-likeness (QED) is 0.730. The van der Waals surface area contributed by atoms with Gasteiger partial charge < -0.3 is 16.0 Å². The van der Waals surface area contributed by atoms with E-state index in [1.54, 1.807) is 0 Å². The van der Waals surface area contributed by atoms with E-state index in [9.17, 15) is 4.79 Å². The average Bonchev–Trinajstić information content (AvgIpc) is 2.34. The van der Waals surface area contributed by atoms with E-state index in [4.69, 9.17) is 5.73 Å².